The molecular formula is C12H23N5. The number of hydrogen-bond donors (Lipinski definition) is 1. The van der Waals surface area contributed by atoms with Crippen LogP contribution >= 0.6 is 0 Å². The summed E-state index contributed by atoms with van der Waals surface area (Å²) in [6, 6.07) is 0. The van der Waals surface area contributed by atoms with Crippen LogP contribution in [-0.2, 0) is 12.1 Å². The Balaban J connectivity index is 2.01. The highest BCUT2D eigenvalue weighted by atomic mass is 15.6. The van der Waals surface area contributed by atoms with E-state index in [1.54, 1.807) is 0 Å². The zero-order valence-electron chi connectivity index (χ0n) is 11.1. The van der Waals surface area contributed by atoms with Crippen molar-refractivity contribution in [3.63, 3.8) is 0 Å². The van der Waals surface area contributed by atoms with E-state index in [4.69, 9.17) is 0 Å². The molecule has 1 aliphatic rings. The first kappa shape index (κ1) is 12.5. The van der Waals surface area contributed by atoms with E-state index >= 15 is 0 Å². The van der Waals surface area contributed by atoms with E-state index in [-0.39, 0.29) is 5.54 Å². The van der Waals surface area contributed by atoms with Crippen LogP contribution in [0, 0.1) is 5.92 Å². The summed E-state index contributed by atoms with van der Waals surface area (Å²) in [6.07, 6.45) is 4.85. The van der Waals surface area contributed by atoms with Crippen LogP contribution in [0.4, 0.5) is 0 Å². The second-order valence-corrected chi connectivity index (χ2v) is 5.46. The molecule has 1 heterocycles. The van der Waals surface area contributed by atoms with Gasteiger partial charge in [-0.25, -0.2) is 4.68 Å². The van der Waals surface area contributed by atoms with Gasteiger partial charge in [-0.3, -0.25) is 0 Å². The van der Waals surface area contributed by atoms with Crippen molar-refractivity contribution in [3.05, 3.63) is 5.82 Å². The molecule has 1 aliphatic carbocycles. The predicted molar refractivity (Wildman–Crippen MR) is 66.5 cm³/mol. The lowest BCUT2D eigenvalue weighted by atomic mass is 9.75. The van der Waals surface area contributed by atoms with Crippen molar-refractivity contribution < 1.29 is 0 Å². The number of nitrogens with one attached hydrogen (secondary N) is 1. The maximum Gasteiger partial charge on any atom is 0.165 e. The fourth-order valence-electron chi connectivity index (χ4n) is 2.46. The average Bonchev–Trinajstić information content (AvgIpc) is 2.66. The molecule has 1 saturated carbocycles. The molecule has 0 aromatic carbocycles. The van der Waals surface area contributed by atoms with Gasteiger partial charge in [-0.1, -0.05) is 20.8 Å². The van der Waals surface area contributed by atoms with Gasteiger partial charge in [-0.2, -0.15) is 0 Å². The van der Waals surface area contributed by atoms with Gasteiger partial charge in [0.15, 0.2) is 5.82 Å². The summed E-state index contributed by atoms with van der Waals surface area (Å²) >= 11 is 0. The average molecular weight is 237 g/mol. The predicted octanol–water partition coefficient (Wildman–Crippen LogP) is 1.71. The van der Waals surface area contributed by atoms with E-state index in [2.05, 4.69) is 46.3 Å². The summed E-state index contributed by atoms with van der Waals surface area (Å²) in [6.45, 7) is 8.41. The Labute approximate surface area is 103 Å². The summed E-state index contributed by atoms with van der Waals surface area (Å²) < 4.78 is 2.06. The Bertz CT molecular complexity index is 348. The summed E-state index contributed by atoms with van der Waals surface area (Å²) in [4.78, 5) is 0. The van der Waals surface area contributed by atoms with E-state index in [1.165, 1.54) is 19.3 Å². The molecule has 0 atom stereocenters. The zero-order valence-corrected chi connectivity index (χ0v) is 11.1. The molecule has 5 heteroatoms. The molecule has 0 saturated heterocycles. The van der Waals surface area contributed by atoms with Crippen LogP contribution in [0.25, 0.3) is 0 Å². The van der Waals surface area contributed by atoms with Crippen LogP contribution in [0.5, 0.6) is 0 Å². The minimum Gasteiger partial charge on any atom is -0.310 e. The second-order valence-electron chi connectivity index (χ2n) is 5.46. The van der Waals surface area contributed by atoms with Crippen molar-refractivity contribution in [1.29, 1.82) is 0 Å². The van der Waals surface area contributed by atoms with Crippen LogP contribution < -0.4 is 5.32 Å². The van der Waals surface area contributed by atoms with Gasteiger partial charge in [0, 0.05) is 0 Å². The van der Waals surface area contributed by atoms with Crippen molar-refractivity contribution in [2.75, 3.05) is 6.54 Å². The normalized spacial score (nSPS) is 18.4. The van der Waals surface area contributed by atoms with Gasteiger partial charge in [-0.15, -0.1) is 5.10 Å². The highest BCUT2D eigenvalue weighted by molar-refractivity contribution is 4.97. The molecule has 1 aromatic rings. The van der Waals surface area contributed by atoms with Gasteiger partial charge in [0.2, 0.25) is 0 Å². The lowest BCUT2D eigenvalue weighted by Gasteiger charge is -2.41. The van der Waals surface area contributed by atoms with Crippen LogP contribution in [0.3, 0.4) is 0 Å². The quantitative estimate of drug-likeness (QED) is 0.818. The molecule has 96 valence electrons. The summed E-state index contributed by atoms with van der Waals surface area (Å²) in [5, 5.41) is 15.6. The fourth-order valence-corrected chi connectivity index (χ4v) is 2.46. The first-order valence-electron chi connectivity index (χ1n) is 6.66. The van der Waals surface area contributed by atoms with Crippen LogP contribution in [0.1, 0.15) is 52.3 Å². The lowest BCUT2D eigenvalue weighted by Crippen LogP contribution is -2.42. The van der Waals surface area contributed by atoms with E-state index in [1.807, 2.05) is 0 Å². The molecule has 5 nitrogen and oxygen atoms in total. The molecule has 1 N–H and O–H groups in total. The van der Waals surface area contributed by atoms with Gasteiger partial charge in [0.25, 0.3) is 0 Å². The zero-order chi connectivity index (χ0) is 12.3. The molecule has 0 radical (unpaired) electrons. The third-order valence-electron chi connectivity index (χ3n) is 3.76. The standard InChI is InChI=1S/C12H23N5/c1-4-12(6-5-7-12)17-11(14-15-16-17)9-13-8-10(2)3/h10,13H,4-9H2,1-3H3. The Morgan fingerprint density at radius 2 is 2.18 bits per heavy atom. The van der Waals surface area contributed by atoms with Crippen molar-refractivity contribution >= 4 is 0 Å². The summed E-state index contributed by atoms with van der Waals surface area (Å²) in [5.41, 5.74) is 0.207. The number of rotatable bonds is 6. The molecular weight excluding hydrogens is 214 g/mol. The maximum absolute atomic E-state index is 4.19. The SMILES string of the molecule is CCC1(n2nnnc2CNCC(C)C)CCC1. The van der Waals surface area contributed by atoms with Gasteiger partial charge in [0.05, 0.1) is 12.1 Å². The van der Waals surface area contributed by atoms with Gasteiger partial charge in [-0.05, 0) is 48.6 Å². The topological polar surface area (TPSA) is 55.6 Å². The third-order valence-corrected chi connectivity index (χ3v) is 3.76. The monoisotopic (exact) mass is 237 g/mol. The Kier molecular flexibility index (Phi) is 3.76. The highest BCUT2D eigenvalue weighted by Gasteiger charge is 2.39. The van der Waals surface area contributed by atoms with Crippen molar-refractivity contribution in [1.82, 2.24) is 25.5 Å². The van der Waals surface area contributed by atoms with Crippen LogP contribution in [0.2, 0.25) is 0 Å². The van der Waals surface area contributed by atoms with E-state index in [0.717, 1.165) is 25.3 Å². The second kappa shape index (κ2) is 5.12. The number of tetrazole rings is 1. The number of aromatic nitrogens is 4. The van der Waals surface area contributed by atoms with E-state index in [9.17, 15) is 0 Å². The molecule has 1 fully saturated rings. The summed E-state index contributed by atoms with van der Waals surface area (Å²) in [5.74, 6) is 1.63. The van der Waals surface area contributed by atoms with Gasteiger partial charge >= 0.3 is 0 Å². The maximum atomic E-state index is 4.19. The molecule has 0 amide bonds. The van der Waals surface area contributed by atoms with E-state index in [0.29, 0.717) is 5.92 Å². The van der Waals surface area contributed by atoms with Gasteiger partial charge < -0.3 is 5.32 Å². The minimum atomic E-state index is 0.207. The Morgan fingerprint density at radius 1 is 1.41 bits per heavy atom. The third kappa shape index (κ3) is 2.49. The highest BCUT2D eigenvalue weighted by Crippen LogP contribution is 2.41. The lowest BCUT2D eigenvalue weighted by molar-refractivity contribution is 0.111. The summed E-state index contributed by atoms with van der Waals surface area (Å²) in [7, 11) is 0. The molecule has 0 aliphatic heterocycles. The van der Waals surface area contributed by atoms with Gasteiger partial charge in [0.1, 0.15) is 0 Å². The molecule has 17 heavy (non-hydrogen) atoms. The first-order valence-corrected chi connectivity index (χ1v) is 6.66. The fraction of sp³-hybridized carbons (Fsp3) is 0.917. The van der Waals surface area contributed by atoms with Crippen LogP contribution in [-0.4, -0.2) is 26.8 Å². The molecule has 0 bridgehead atoms. The Hall–Kier alpha value is -0.970. The van der Waals surface area contributed by atoms with Crippen molar-refractivity contribution in [2.24, 2.45) is 5.92 Å². The number of nitrogens with zero attached hydrogens (tertiary/aromatic N) is 4. The molecule has 0 spiro atoms. The van der Waals surface area contributed by atoms with Crippen molar-refractivity contribution in [2.45, 2.75) is 58.5 Å². The largest absolute Gasteiger partial charge is 0.310 e. The number of hydrogen-bond acceptors (Lipinski definition) is 4. The van der Waals surface area contributed by atoms with E-state index < -0.39 is 0 Å². The molecule has 2 rings (SSSR count). The minimum absolute atomic E-state index is 0.207. The smallest absolute Gasteiger partial charge is 0.165 e. The molecule has 1 aromatic heterocycles. The molecule has 0 unspecified atom stereocenters. The Morgan fingerprint density at radius 3 is 2.71 bits per heavy atom. The van der Waals surface area contributed by atoms with Crippen molar-refractivity contribution in [3.8, 4) is 0 Å². The van der Waals surface area contributed by atoms with Crippen LogP contribution in [0.15, 0.2) is 0 Å². The first-order chi connectivity index (χ1) is 8.18.